The first-order chi connectivity index (χ1) is 9.79. The summed E-state index contributed by atoms with van der Waals surface area (Å²) in [5.74, 6) is 1.38. The number of rotatable bonds is 4. The van der Waals surface area contributed by atoms with Crippen LogP contribution in [0.4, 0.5) is 0 Å². The van der Waals surface area contributed by atoms with Crippen molar-refractivity contribution in [2.75, 3.05) is 6.54 Å². The van der Waals surface area contributed by atoms with E-state index >= 15 is 0 Å². The van der Waals surface area contributed by atoms with Crippen molar-refractivity contribution in [2.45, 2.75) is 45.1 Å². The summed E-state index contributed by atoms with van der Waals surface area (Å²) in [6.45, 7) is 5.28. The van der Waals surface area contributed by atoms with Gasteiger partial charge < -0.3 is 9.84 Å². The van der Waals surface area contributed by atoms with E-state index in [0.29, 0.717) is 11.7 Å². The third-order valence-electron chi connectivity index (χ3n) is 4.21. The second kappa shape index (κ2) is 5.32. The van der Waals surface area contributed by atoms with Crippen LogP contribution in [0.2, 0.25) is 0 Å². The van der Waals surface area contributed by atoms with Crippen LogP contribution in [-0.2, 0) is 12.0 Å². The minimum atomic E-state index is -0.134. The molecule has 20 heavy (non-hydrogen) atoms. The summed E-state index contributed by atoms with van der Waals surface area (Å²) in [6, 6.07) is 1.95. The fraction of sp³-hybridized carbons (Fsp3) is 0.533. The van der Waals surface area contributed by atoms with Crippen LogP contribution in [0.3, 0.4) is 0 Å². The Morgan fingerprint density at radius 3 is 3.00 bits per heavy atom. The summed E-state index contributed by atoms with van der Waals surface area (Å²) < 4.78 is 5.55. The fourth-order valence-electron chi connectivity index (χ4n) is 2.90. The van der Waals surface area contributed by atoms with Gasteiger partial charge in [-0.25, -0.2) is 0 Å². The van der Waals surface area contributed by atoms with E-state index in [9.17, 15) is 0 Å². The van der Waals surface area contributed by atoms with Crippen molar-refractivity contribution in [2.24, 2.45) is 0 Å². The van der Waals surface area contributed by atoms with Crippen LogP contribution in [0.25, 0.3) is 11.4 Å². The van der Waals surface area contributed by atoms with Gasteiger partial charge in [0.1, 0.15) is 0 Å². The largest absolute Gasteiger partial charge is 0.337 e. The van der Waals surface area contributed by atoms with E-state index < -0.39 is 0 Å². The lowest BCUT2D eigenvalue weighted by atomic mass is 9.94. The van der Waals surface area contributed by atoms with E-state index in [1.54, 1.807) is 6.20 Å². The van der Waals surface area contributed by atoms with Crippen molar-refractivity contribution in [1.29, 1.82) is 0 Å². The van der Waals surface area contributed by atoms with Crippen molar-refractivity contribution in [3.63, 3.8) is 0 Å². The predicted octanol–water partition coefficient (Wildman–Crippen LogP) is 2.68. The molecule has 0 radical (unpaired) electrons. The van der Waals surface area contributed by atoms with Gasteiger partial charge in [0.05, 0.1) is 5.54 Å². The lowest BCUT2D eigenvalue weighted by molar-refractivity contribution is 0.250. The van der Waals surface area contributed by atoms with Crippen LogP contribution in [-0.4, -0.2) is 21.7 Å². The van der Waals surface area contributed by atoms with E-state index in [1.165, 1.54) is 0 Å². The van der Waals surface area contributed by atoms with Crippen LogP contribution >= 0.6 is 0 Å². The maximum Gasteiger partial charge on any atom is 0.247 e. The Kier molecular flexibility index (Phi) is 3.53. The third kappa shape index (κ3) is 2.12. The van der Waals surface area contributed by atoms with E-state index in [4.69, 9.17) is 4.52 Å². The zero-order valence-electron chi connectivity index (χ0n) is 12.0. The molecule has 1 fully saturated rings. The number of pyridine rings is 1. The van der Waals surface area contributed by atoms with Crippen molar-refractivity contribution in [3.8, 4) is 11.4 Å². The first-order valence-electron chi connectivity index (χ1n) is 7.31. The number of hydrogen-bond acceptors (Lipinski definition) is 5. The van der Waals surface area contributed by atoms with Gasteiger partial charge in [-0.05, 0) is 43.9 Å². The molecule has 0 amide bonds. The summed E-state index contributed by atoms with van der Waals surface area (Å²) in [6.07, 6.45) is 7.72. The topological polar surface area (TPSA) is 63.8 Å². The van der Waals surface area contributed by atoms with Crippen LogP contribution < -0.4 is 5.32 Å². The monoisotopic (exact) mass is 272 g/mol. The van der Waals surface area contributed by atoms with E-state index in [0.717, 1.165) is 43.4 Å². The summed E-state index contributed by atoms with van der Waals surface area (Å²) >= 11 is 0. The number of nitrogens with zero attached hydrogens (tertiary/aromatic N) is 3. The molecule has 3 rings (SSSR count). The SMILES string of the molecule is CCc1cnccc1-c1noc(C2(CC)CCCN2)n1. The lowest BCUT2D eigenvalue weighted by Crippen LogP contribution is -2.36. The Balaban J connectivity index is 1.98. The zero-order valence-corrected chi connectivity index (χ0v) is 12.0. The van der Waals surface area contributed by atoms with Crippen LogP contribution in [0.15, 0.2) is 23.0 Å². The summed E-state index contributed by atoms with van der Waals surface area (Å²) in [5.41, 5.74) is 2.02. The first kappa shape index (κ1) is 13.2. The van der Waals surface area contributed by atoms with Crippen molar-refractivity contribution >= 4 is 0 Å². The second-order valence-corrected chi connectivity index (χ2v) is 5.28. The molecule has 1 aliphatic rings. The number of hydrogen-bond donors (Lipinski definition) is 1. The van der Waals surface area contributed by atoms with Gasteiger partial charge in [-0.2, -0.15) is 4.98 Å². The Bertz CT molecular complexity index is 587. The van der Waals surface area contributed by atoms with Gasteiger partial charge in [-0.15, -0.1) is 0 Å². The molecule has 5 heteroatoms. The van der Waals surface area contributed by atoms with E-state index in [1.807, 2.05) is 12.3 Å². The molecule has 2 aromatic heterocycles. The average Bonchev–Trinajstić information content (AvgIpc) is 3.16. The van der Waals surface area contributed by atoms with E-state index in [-0.39, 0.29) is 5.54 Å². The Hall–Kier alpha value is -1.75. The molecule has 0 bridgehead atoms. The molecular formula is C15H20N4O. The van der Waals surface area contributed by atoms with Crippen LogP contribution in [0, 0.1) is 0 Å². The first-order valence-corrected chi connectivity index (χ1v) is 7.31. The minimum Gasteiger partial charge on any atom is -0.337 e. The Morgan fingerprint density at radius 2 is 2.30 bits per heavy atom. The fourth-order valence-corrected chi connectivity index (χ4v) is 2.90. The van der Waals surface area contributed by atoms with Crippen molar-refractivity contribution in [1.82, 2.24) is 20.4 Å². The van der Waals surface area contributed by atoms with E-state index in [2.05, 4.69) is 34.3 Å². The second-order valence-electron chi connectivity index (χ2n) is 5.28. The summed E-state index contributed by atoms with van der Waals surface area (Å²) in [4.78, 5) is 8.80. The smallest absolute Gasteiger partial charge is 0.247 e. The quantitative estimate of drug-likeness (QED) is 0.927. The number of nitrogens with one attached hydrogen (secondary N) is 1. The van der Waals surface area contributed by atoms with Gasteiger partial charge in [0.25, 0.3) is 0 Å². The van der Waals surface area contributed by atoms with Gasteiger partial charge in [0.2, 0.25) is 11.7 Å². The molecule has 1 unspecified atom stereocenters. The average molecular weight is 272 g/mol. The standard InChI is InChI=1S/C15H20N4O/c1-3-11-10-16-9-6-12(11)13-18-14(20-19-13)15(4-2)7-5-8-17-15/h6,9-10,17H,3-5,7-8H2,1-2H3. The molecule has 0 saturated carbocycles. The van der Waals surface area contributed by atoms with Gasteiger partial charge in [0, 0.05) is 18.0 Å². The molecule has 5 nitrogen and oxygen atoms in total. The molecule has 0 aromatic carbocycles. The van der Waals surface area contributed by atoms with Crippen LogP contribution in [0.5, 0.6) is 0 Å². The van der Waals surface area contributed by atoms with Gasteiger partial charge >= 0.3 is 0 Å². The molecule has 106 valence electrons. The predicted molar refractivity (Wildman–Crippen MR) is 76.1 cm³/mol. The molecule has 2 aromatic rings. The van der Waals surface area contributed by atoms with Crippen molar-refractivity contribution in [3.05, 3.63) is 29.9 Å². The Morgan fingerprint density at radius 1 is 1.40 bits per heavy atom. The lowest BCUT2D eigenvalue weighted by Gasteiger charge is -2.22. The maximum atomic E-state index is 5.55. The van der Waals surface area contributed by atoms with Gasteiger partial charge in [-0.1, -0.05) is 19.0 Å². The van der Waals surface area contributed by atoms with Crippen molar-refractivity contribution < 1.29 is 4.52 Å². The molecule has 1 N–H and O–H groups in total. The highest BCUT2D eigenvalue weighted by Crippen LogP contribution is 2.34. The highest BCUT2D eigenvalue weighted by molar-refractivity contribution is 5.58. The Labute approximate surface area is 118 Å². The minimum absolute atomic E-state index is 0.134. The number of aryl methyl sites for hydroxylation is 1. The zero-order chi connectivity index (χ0) is 14.0. The maximum absolute atomic E-state index is 5.55. The summed E-state index contributed by atoms with van der Waals surface area (Å²) in [7, 11) is 0. The van der Waals surface area contributed by atoms with Crippen LogP contribution in [0.1, 0.15) is 44.6 Å². The highest BCUT2D eigenvalue weighted by atomic mass is 16.5. The number of aromatic nitrogens is 3. The van der Waals surface area contributed by atoms with Gasteiger partial charge in [-0.3, -0.25) is 4.98 Å². The summed E-state index contributed by atoms with van der Waals surface area (Å²) in [5, 5.41) is 7.70. The van der Waals surface area contributed by atoms with Gasteiger partial charge in [0.15, 0.2) is 0 Å². The molecule has 0 spiro atoms. The molecule has 1 saturated heterocycles. The molecule has 1 atom stereocenters. The third-order valence-corrected chi connectivity index (χ3v) is 4.21. The molecule has 0 aliphatic carbocycles. The normalized spacial score (nSPS) is 22.3. The molecule has 3 heterocycles. The molecule has 1 aliphatic heterocycles. The molecular weight excluding hydrogens is 252 g/mol. The highest BCUT2D eigenvalue weighted by Gasteiger charge is 2.39.